The van der Waals surface area contributed by atoms with E-state index >= 15 is 0 Å². The van der Waals surface area contributed by atoms with Crippen LogP contribution in [0.1, 0.15) is 16.8 Å². The summed E-state index contributed by atoms with van der Waals surface area (Å²) in [7, 11) is 0. The number of rotatable bonds is 1. The standard InChI is InChI=1S/C13H11ClFN3/c1-7-8(2)18(13(17)10(7)6-16)12-4-3-9(14)5-11(12)15/h3-5H,17H2,1-2H3. The van der Waals surface area contributed by atoms with Crippen LogP contribution in [-0.2, 0) is 0 Å². The molecule has 0 bridgehead atoms. The van der Waals surface area contributed by atoms with Crippen LogP contribution >= 0.6 is 11.6 Å². The van der Waals surface area contributed by atoms with Crippen molar-refractivity contribution in [1.29, 1.82) is 5.26 Å². The van der Waals surface area contributed by atoms with Gasteiger partial charge in [0.15, 0.2) is 0 Å². The summed E-state index contributed by atoms with van der Waals surface area (Å²) in [6.45, 7) is 3.58. The number of anilines is 1. The van der Waals surface area contributed by atoms with E-state index in [1.165, 1.54) is 10.6 Å². The van der Waals surface area contributed by atoms with Crippen LogP contribution in [0.25, 0.3) is 5.69 Å². The van der Waals surface area contributed by atoms with Gasteiger partial charge in [-0.15, -0.1) is 0 Å². The second-order valence-electron chi connectivity index (χ2n) is 4.01. The first-order valence-electron chi connectivity index (χ1n) is 5.30. The van der Waals surface area contributed by atoms with Gasteiger partial charge >= 0.3 is 0 Å². The fraction of sp³-hybridized carbons (Fsp3) is 0.154. The number of hydrogen-bond acceptors (Lipinski definition) is 2. The molecular formula is C13H11ClFN3. The van der Waals surface area contributed by atoms with E-state index in [1.54, 1.807) is 26.0 Å². The molecule has 92 valence electrons. The number of benzene rings is 1. The number of nitrogens with two attached hydrogens (primary N) is 1. The van der Waals surface area contributed by atoms with E-state index in [0.717, 1.165) is 11.3 Å². The van der Waals surface area contributed by atoms with Crippen molar-refractivity contribution in [3.05, 3.63) is 45.9 Å². The average molecular weight is 264 g/mol. The van der Waals surface area contributed by atoms with Gasteiger partial charge in [0.25, 0.3) is 0 Å². The highest BCUT2D eigenvalue weighted by molar-refractivity contribution is 6.30. The molecule has 0 aliphatic carbocycles. The maximum absolute atomic E-state index is 13.9. The first kappa shape index (κ1) is 12.5. The summed E-state index contributed by atoms with van der Waals surface area (Å²) in [5.74, 6) is -0.231. The zero-order chi connectivity index (χ0) is 13.4. The maximum Gasteiger partial charge on any atom is 0.148 e. The monoisotopic (exact) mass is 263 g/mol. The van der Waals surface area contributed by atoms with Gasteiger partial charge in [0.2, 0.25) is 0 Å². The largest absolute Gasteiger partial charge is 0.384 e. The van der Waals surface area contributed by atoms with Crippen molar-refractivity contribution in [2.45, 2.75) is 13.8 Å². The molecule has 1 aromatic heterocycles. The fourth-order valence-corrected chi connectivity index (χ4v) is 2.11. The van der Waals surface area contributed by atoms with Crippen LogP contribution in [-0.4, -0.2) is 4.57 Å². The van der Waals surface area contributed by atoms with Gasteiger partial charge in [-0.05, 0) is 37.6 Å². The number of nitrogens with zero attached hydrogens (tertiary/aromatic N) is 2. The Morgan fingerprint density at radius 1 is 1.39 bits per heavy atom. The lowest BCUT2D eigenvalue weighted by Crippen LogP contribution is -2.04. The van der Waals surface area contributed by atoms with Crippen LogP contribution in [0, 0.1) is 31.0 Å². The quantitative estimate of drug-likeness (QED) is 0.858. The van der Waals surface area contributed by atoms with Gasteiger partial charge in [0, 0.05) is 10.7 Å². The van der Waals surface area contributed by atoms with E-state index in [2.05, 4.69) is 0 Å². The average Bonchev–Trinajstić information content (AvgIpc) is 2.52. The van der Waals surface area contributed by atoms with Gasteiger partial charge < -0.3 is 5.73 Å². The van der Waals surface area contributed by atoms with E-state index in [-0.39, 0.29) is 5.82 Å². The molecule has 0 radical (unpaired) electrons. The molecule has 0 saturated carbocycles. The van der Waals surface area contributed by atoms with E-state index in [4.69, 9.17) is 22.6 Å². The third-order valence-electron chi connectivity index (χ3n) is 3.01. The number of nitriles is 1. The molecule has 2 aromatic rings. The van der Waals surface area contributed by atoms with Crippen molar-refractivity contribution in [3.8, 4) is 11.8 Å². The Morgan fingerprint density at radius 2 is 2.06 bits per heavy atom. The molecule has 3 nitrogen and oxygen atoms in total. The summed E-state index contributed by atoms with van der Waals surface area (Å²) >= 11 is 5.71. The van der Waals surface area contributed by atoms with Gasteiger partial charge in [-0.2, -0.15) is 5.26 Å². The Hall–Kier alpha value is -1.99. The summed E-state index contributed by atoms with van der Waals surface area (Å²) in [6.07, 6.45) is 0. The zero-order valence-electron chi connectivity index (χ0n) is 9.96. The van der Waals surface area contributed by atoms with Gasteiger partial charge in [-0.3, -0.25) is 4.57 Å². The van der Waals surface area contributed by atoms with Crippen LogP contribution in [0.4, 0.5) is 10.2 Å². The van der Waals surface area contributed by atoms with Crippen LogP contribution in [0.3, 0.4) is 0 Å². The second kappa shape index (κ2) is 4.35. The van der Waals surface area contributed by atoms with Crippen molar-refractivity contribution in [2.24, 2.45) is 0 Å². The molecule has 0 amide bonds. The topological polar surface area (TPSA) is 54.7 Å². The summed E-state index contributed by atoms with van der Waals surface area (Å²) < 4.78 is 15.4. The summed E-state index contributed by atoms with van der Waals surface area (Å²) in [5.41, 5.74) is 8.06. The minimum Gasteiger partial charge on any atom is -0.384 e. The van der Waals surface area contributed by atoms with E-state index < -0.39 is 5.82 Å². The molecule has 0 spiro atoms. The molecule has 2 rings (SSSR count). The molecular weight excluding hydrogens is 253 g/mol. The number of nitrogen functional groups attached to an aromatic ring is 1. The van der Waals surface area contributed by atoms with Crippen LogP contribution < -0.4 is 5.73 Å². The van der Waals surface area contributed by atoms with Crippen LogP contribution in [0.5, 0.6) is 0 Å². The van der Waals surface area contributed by atoms with Crippen LogP contribution in [0.15, 0.2) is 18.2 Å². The highest BCUT2D eigenvalue weighted by atomic mass is 35.5. The van der Waals surface area contributed by atoms with Crippen molar-refractivity contribution >= 4 is 17.4 Å². The molecule has 2 N–H and O–H groups in total. The Balaban J connectivity index is 2.77. The molecule has 1 heterocycles. The Morgan fingerprint density at radius 3 is 2.56 bits per heavy atom. The first-order valence-corrected chi connectivity index (χ1v) is 5.68. The SMILES string of the molecule is Cc1c(C#N)c(N)n(-c2ccc(Cl)cc2F)c1C. The fourth-order valence-electron chi connectivity index (χ4n) is 1.95. The van der Waals surface area contributed by atoms with Crippen molar-refractivity contribution in [1.82, 2.24) is 4.57 Å². The van der Waals surface area contributed by atoms with E-state index in [1.807, 2.05) is 6.07 Å². The summed E-state index contributed by atoms with van der Waals surface area (Å²) in [5, 5.41) is 9.36. The Labute approximate surface area is 109 Å². The lowest BCUT2D eigenvalue weighted by Gasteiger charge is -2.10. The third-order valence-corrected chi connectivity index (χ3v) is 3.25. The number of hydrogen-bond donors (Lipinski definition) is 1. The second-order valence-corrected chi connectivity index (χ2v) is 4.45. The highest BCUT2D eigenvalue weighted by Gasteiger charge is 2.18. The first-order chi connectivity index (χ1) is 8.47. The molecule has 0 fully saturated rings. The minimum atomic E-state index is -0.475. The van der Waals surface area contributed by atoms with Gasteiger partial charge in [-0.1, -0.05) is 11.6 Å². The van der Waals surface area contributed by atoms with Crippen molar-refractivity contribution in [3.63, 3.8) is 0 Å². The third kappa shape index (κ3) is 1.73. The summed E-state index contributed by atoms with van der Waals surface area (Å²) in [6, 6.07) is 6.38. The Bertz CT molecular complexity index is 668. The van der Waals surface area contributed by atoms with Gasteiger partial charge in [0.05, 0.1) is 11.3 Å². The molecule has 18 heavy (non-hydrogen) atoms. The van der Waals surface area contributed by atoms with Crippen LogP contribution in [0.2, 0.25) is 5.02 Å². The van der Waals surface area contributed by atoms with Gasteiger partial charge in [0.1, 0.15) is 17.7 Å². The zero-order valence-corrected chi connectivity index (χ0v) is 10.7. The predicted octanol–water partition coefficient (Wildman–Crippen LogP) is 3.34. The van der Waals surface area contributed by atoms with Crippen molar-refractivity contribution in [2.75, 3.05) is 5.73 Å². The molecule has 0 atom stereocenters. The molecule has 1 aromatic carbocycles. The predicted molar refractivity (Wildman–Crippen MR) is 69.3 cm³/mol. The lowest BCUT2D eigenvalue weighted by molar-refractivity contribution is 0.618. The Kier molecular flexibility index (Phi) is 3.02. The molecule has 5 heteroatoms. The van der Waals surface area contributed by atoms with E-state index in [0.29, 0.717) is 16.3 Å². The highest BCUT2D eigenvalue weighted by Crippen LogP contribution is 2.29. The lowest BCUT2D eigenvalue weighted by atomic mass is 10.2. The molecule has 0 aliphatic heterocycles. The maximum atomic E-state index is 13.9. The summed E-state index contributed by atoms with van der Waals surface area (Å²) in [4.78, 5) is 0. The molecule has 0 aliphatic rings. The van der Waals surface area contributed by atoms with Gasteiger partial charge in [-0.25, -0.2) is 4.39 Å². The molecule has 0 saturated heterocycles. The molecule has 0 unspecified atom stereocenters. The minimum absolute atomic E-state index is 0.244. The van der Waals surface area contributed by atoms with E-state index in [9.17, 15) is 4.39 Å². The normalized spacial score (nSPS) is 10.4. The number of aromatic nitrogens is 1. The smallest absolute Gasteiger partial charge is 0.148 e. The van der Waals surface area contributed by atoms with Crippen molar-refractivity contribution < 1.29 is 4.39 Å². The number of halogens is 2.